The minimum absolute atomic E-state index is 0.154. The van der Waals surface area contributed by atoms with Crippen molar-refractivity contribution in [1.82, 2.24) is 15.1 Å². The fourth-order valence-corrected chi connectivity index (χ4v) is 3.91. The molecule has 3 aromatic rings. The summed E-state index contributed by atoms with van der Waals surface area (Å²) in [5, 5.41) is 6.81. The standard InChI is InChI=1S/C22H19F2N3O3/c1-30-21-15-6-3-2-5-13(15)11-18(21)26-22(29)20(27-19(28)7-4-10-25-27)16-9-8-14(23)12-17(16)24/h2-10,12,18,20-21H,11H2,1H3,(H,26,29). The molecule has 0 bridgehead atoms. The number of carbonyl (C=O) groups is 1. The molecule has 1 aromatic heterocycles. The van der Waals surface area contributed by atoms with Gasteiger partial charge in [0.15, 0.2) is 6.04 Å². The Balaban J connectivity index is 1.70. The summed E-state index contributed by atoms with van der Waals surface area (Å²) in [6.07, 6.45) is 1.46. The van der Waals surface area contributed by atoms with Crippen LogP contribution < -0.4 is 10.9 Å². The van der Waals surface area contributed by atoms with Crippen molar-refractivity contribution < 1.29 is 18.3 Å². The number of benzene rings is 2. The number of nitrogens with zero attached hydrogens (tertiary/aromatic N) is 2. The third-order valence-corrected chi connectivity index (χ3v) is 5.24. The molecule has 4 rings (SSSR count). The highest BCUT2D eigenvalue weighted by Crippen LogP contribution is 2.34. The molecule has 6 nitrogen and oxygen atoms in total. The molecule has 3 atom stereocenters. The van der Waals surface area contributed by atoms with E-state index < -0.39 is 35.2 Å². The number of halogens is 2. The van der Waals surface area contributed by atoms with Crippen molar-refractivity contribution in [2.75, 3.05) is 7.11 Å². The van der Waals surface area contributed by atoms with Gasteiger partial charge in [0.05, 0.1) is 6.04 Å². The van der Waals surface area contributed by atoms with Crippen LogP contribution in [0.3, 0.4) is 0 Å². The van der Waals surface area contributed by atoms with E-state index in [0.717, 1.165) is 27.9 Å². The number of methoxy groups -OCH3 is 1. The third kappa shape index (κ3) is 3.61. The van der Waals surface area contributed by atoms with Crippen molar-refractivity contribution in [3.63, 3.8) is 0 Å². The molecular weight excluding hydrogens is 392 g/mol. The van der Waals surface area contributed by atoms with Gasteiger partial charge in [0.25, 0.3) is 5.56 Å². The van der Waals surface area contributed by atoms with Crippen LogP contribution in [0.25, 0.3) is 0 Å². The fourth-order valence-electron chi connectivity index (χ4n) is 3.91. The van der Waals surface area contributed by atoms with Crippen LogP contribution in [0.1, 0.15) is 28.8 Å². The molecule has 8 heteroatoms. The summed E-state index contributed by atoms with van der Waals surface area (Å²) >= 11 is 0. The molecule has 1 aliphatic carbocycles. The Kier molecular flexibility index (Phi) is 5.41. The lowest BCUT2D eigenvalue weighted by atomic mass is 10.0. The first-order valence-electron chi connectivity index (χ1n) is 9.39. The molecule has 154 valence electrons. The minimum atomic E-state index is -1.40. The van der Waals surface area contributed by atoms with Crippen molar-refractivity contribution in [2.45, 2.75) is 24.6 Å². The van der Waals surface area contributed by atoms with Crippen molar-refractivity contribution in [2.24, 2.45) is 0 Å². The smallest absolute Gasteiger partial charge is 0.267 e. The number of ether oxygens (including phenoxy) is 1. The molecule has 30 heavy (non-hydrogen) atoms. The number of fused-ring (bicyclic) bond motifs is 1. The molecule has 0 fully saturated rings. The van der Waals surface area contributed by atoms with Gasteiger partial charge >= 0.3 is 0 Å². The predicted octanol–water partition coefficient (Wildman–Crippen LogP) is 2.54. The van der Waals surface area contributed by atoms with Gasteiger partial charge in [-0.05, 0) is 29.7 Å². The monoisotopic (exact) mass is 411 g/mol. The Morgan fingerprint density at radius 2 is 2.00 bits per heavy atom. The lowest BCUT2D eigenvalue weighted by molar-refractivity contribution is -0.125. The highest BCUT2D eigenvalue weighted by Gasteiger charge is 2.36. The second-order valence-electron chi connectivity index (χ2n) is 7.05. The van der Waals surface area contributed by atoms with Gasteiger partial charge < -0.3 is 10.1 Å². The van der Waals surface area contributed by atoms with Gasteiger partial charge in [0, 0.05) is 31.0 Å². The first-order chi connectivity index (χ1) is 14.5. The van der Waals surface area contributed by atoms with Gasteiger partial charge in [-0.2, -0.15) is 5.10 Å². The van der Waals surface area contributed by atoms with E-state index in [1.807, 2.05) is 24.3 Å². The van der Waals surface area contributed by atoms with Gasteiger partial charge in [-0.3, -0.25) is 9.59 Å². The van der Waals surface area contributed by atoms with E-state index in [4.69, 9.17) is 4.74 Å². The highest BCUT2D eigenvalue weighted by molar-refractivity contribution is 5.84. The second-order valence-corrected chi connectivity index (χ2v) is 7.05. The first kappa shape index (κ1) is 19.9. The zero-order valence-corrected chi connectivity index (χ0v) is 16.1. The Hall–Kier alpha value is -3.39. The molecule has 3 unspecified atom stereocenters. The lowest BCUT2D eigenvalue weighted by Gasteiger charge is -2.24. The number of nitrogens with one attached hydrogen (secondary N) is 1. The van der Waals surface area contributed by atoms with Gasteiger partial charge in [0.2, 0.25) is 5.91 Å². The molecule has 0 saturated heterocycles. The molecule has 0 aliphatic heterocycles. The maximum atomic E-state index is 14.6. The van der Waals surface area contributed by atoms with Gasteiger partial charge in [0.1, 0.15) is 17.7 Å². The van der Waals surface area contributed by atoms with E-state index in [9.17, 15) is 18.4 Å². The van der Waals surface area contributed by atoms with Crippen LogP contribution in [-0.2, 0) is 16.0 Å². The number of hydrogen-bond donors (Lipinski definition) is 1. The van der Waals surface area contributed by atoms with Crippen LogP contribution in [-0.4, -0.2) is 28.8 Å². The quantitative estimate of drug-likeness (QED) is 0.700. The number of aromatic nitrogens is 2. The van der Waals surface area contributed by atoms with Crippen LogP contribution in [0.15, 0.2) is 65.6 Å². The van der Waals surface area contributed by atoms with E-state index in [1.165, 1.54) is 18.3 Å². The van der Waals surface area contributed by atoms with Crippen LogP contribution >= 0.6 is 0 Å². The lowest BCUT2D eigenvalue weighted by Crippen LogP contribution is -2.45. The summed E-state index contributed by atoms with van der Waals surface area (Å²) in [5.74, 6) is -2.36. The van der Waals surface area contributed by atoms with Crippen molar-refractivity contribution >= 4 is 5.91 Å². The number of carbonyl (C=O) groups excluding carboxylic acids is 1. The largest absolute Gasteiger partial charge is 0.375 e. The average Bonchev–Trinajstić information content (AvgIpc) is 3.08. The maximum Gasteiger partial charge on any atom is 0.267 e. The Bertz CT molecular complexity index is 1150. The van der Waals surface area contributed by atoms with Crippen LogP contribution in [0.5, 0.6) is 0 Å². The SMILES string of the molecule is COC1c2ccccc2CC1NC(=O)C(c1ccc(F)cc1F)n1ncccc1=O. The van der Waals surface area contributed by atoms with E-state index in [0.29, 0.717) is 12.5 Å². The van der Waals surface area contributed by atoms with Crippen LogP contribution in [0, 0.1) is 11.6 Å². The Labute approximate surface area is 171 Å². The molecule has 0 radical (unpaired) electrons. The topological polar surface area (TPSA) is 73.2 Å². The highest BCUT2D eigenvalue weighted by atomic mass is 19.1. The van der Waals surface area contributed by atoms with E-state index >= 15 is 0 Å². The summed E-state index contributed by atoms with van der Waals surface area (Å²) in [5.41, 5.74) is 1.26. The molecular formula is C22H19F2N3O3. The molecule has 1 heterocycles. The van der Waals surface area contributed by atoms with Gasteiger partial charge in [-0.25, -0.2) is 13.5 Å². The number of hydrogen-bond acceptors (Lipinski definition) is 4. The normalized spacial score (nSPS) is 18.6. The van der Waals surface area contributed by atoms with Crippen molar-refractivity contribution in [3.05, 3.63) is 99.5 Å². The molecule has 0 saturated carbocycles. The maximum absolute atomic E-state index is 14.6. The second kappa shape index (κ2) is 8.16. The van der Waals surface area contributed by atoms with E-state index in [2.05, 4.69) is 10.4 Å². The molecule has 1 aliphatic rings. The third-order valence-electron chi connectivity index (χ3n) is 5.24. The van der Waals surface area contributed by atoms with Crippen molar-refractivity contribution in [1.29, 1.82) is 0 Å². The number of amides is 1. The summed E-state index contributed by atoms with van der Waals surface area (Å²) in [4.78, 5) is 25.6. The molecule has 0 spiro atoms. The Morgan fingerprint density at radius 1 is 1.20 bits per heavy atom. The molecule has 1 N–H and O–H groups in total. The van der Waals surface area contributed by atoms with Gasteiger partial charge in [-0.15, -0.1) is 0 Å². The Morgan fingerprint density at radius 3 is 2.73 bits per heavy atom. The summed E-state index contributed by atoms with van der Waals surface area (Å²) < 4.78 is 34.5. The van der Waals surface area contributed by atoms with Gasteiger partial charge in [-0.1, -0.05) is 30.3 Å². The predicted molar refractivity (Wildman–Crippen MR) is 105 cm³/mol. The summed E-state index contributed by atoms with van der Waals surface area (Å²) in [7, 11) is 1.55. The molecule has 2 aromatic carbocycles. The average molecular weight is 411 g/mol. The fraction of sp³-hybridized carbons (Fsp3) is 0.227. The first-order valence-corrected chi connectivity index (χ1v) is 9.39. The molecule has 1 amide bonds. The number of rotatable bonds is 5. The van der Waals surface area contributed by atoms with E-state index in [-0.39, 0.29) is 11.7 Å². The summed E-state index contributed by atoms with van der Waals surface area (Å²) in [6, 6.07) is 11.4. The minimum Gasteiger partial charge on any atom is -0.375 e. The zero-order valence-electron chi connectivity index (χ0n) is 16.1. The van der Waals surface area contributed by atoms with E-state index in [1.54, 1.807) is 7.11 Å². The van der Waals surface area contributed by atoms with Crippen LogP contribution in [0.4, 0.5) is 8.78 Å². The zero-order chi connectivity index (χ0) is 21.3. The van der Waals surface area contributed by atoms with Crippen LogP contribution in [0.2, 0.25) is 0 Å². The van der Waals surface area contributed by atoms with Crippen molar-refractivity contribution in [3.8, 4) is 0 Å². The summed E-state index contributed by atoms with van der Waals surface area (Å²) in [6.45, 7) is 0.